The molecule has 0 aromatic rings. The summed E-state index contributed by atoms with van der Waals surface area (Å²) in [6.45, 7) is 13.4. The molecule has 0 N–H and O–H groups in total. The van der Waals surface area contributed by atoms with Gasteiger partial charge in [-0.05, 0) is 88.4 Å². The highest BCUT2D eigenvalue weighted by molar-refractivity contribution is 7.80. The van der Waals surface area contributed by atoms with E-state index in [0.29, 0.717) is 39.5 Å². The Morgan fingerprint density at radius 3 is 0.721 bits per heavy atom. The van der Waals surface area contributed by atoms with Gasteiger partial charge in [0.2, 0.25) is 0 Å². The van der Waals surface area contributed by atoms with Gasteiger partial charge in [0.05, 0.1) is 0 Å². The van der Waals surface area contributed by atoms with E-state index in [9.17, 15) is 0 Å². The van der Waals surface area contributed by atoms with Crippen LogP contribution in [0.4, 0.5) is 0 Å². The van der Waals surface area contributed by atoms with E-state index in [4.69, 9.17) is 67.8 Å². The fraction of sp³-hybridized carbons (Fsp3) is 0.925. The highest BCUT2D eigenvalue weighted by Gasteiger charge is 2.56. The lowest BCUT2D eigenvalue weighted by Crippen LogP contribution is -2.56. The lowest BCUT2D eigenvalue weighted by Gasteiger charge is -2.44. The second-order valence-electron chi connectivity index (χ2n) is 18.8. The van der Waals surface area contributed by atoms with E-state index in [1.807, 2.05) is 0 Å². The van der Waals surface area contributed by atoms with Crippen molar-refractivity contribution < 1.29 is 18.9 Å². The molecule has 0 spiro atoms. The third kappa shape index (κ3) is 36.5. The minimum atomic E-state index is -1.65. The van der Waals surface area contributed by atoms with Crippen molar-refractivity contribution in [3.8, 4) is 0 Å². The number of hydrogen-bond acceptors (Lipinski definition) is 8. The molecule has 8 heteroatoms. The zero-order valence-corrected chi connectivity index (χ0v) is 44.5. The summed E-state index contributed by atoms with van der Waals surface area (Å²) in [5, 5.41) is 2.05. The van der Waals surface area contributed by atoms with Crippen molar-refractivity contribution in [1.82, 2.24) is 0 Å². The van der Waals surface area contributed by atoms with Crippen LogP contribution in [-0.2, 0) is 18.9 Å². The van der Waals surface area contributed by atoms with Gasteiger partial charge in [-0.2, -0.15) is 0 Å². The first-order valence-corrected chi connectivity index (χ1v) is 28.0. The van der Waals surface area contributed by atoms with Gasteiger partial charge in [-0.3, -0.25) is 0 Å². The van der Waals surface area contributed by atoms with Gasteiger partial charge in [0.15, 0.2) is 20.2 Å². The summed E-state index contributed by atoms with van der Waals surface area (Å²) in [7, 11) is 0. The summed E-state index contributed by atoms with van der Waals surface area (Å²) in [6, 6.07) is 0. The molecular weight excluding hydrogens is 829 g/mol. The van der Waals surface area contributed by atoms with E-state index in [-0.39, 0.29) is 6.61 Å². The molecule has 61 heavy (non-hydrogen) atoms. The van der Waals surface area contributed by atoms with Gasteiger partial charge in [-0.25, -0.2) is 0 Å². The molecule has 0 rings (SSSR count). The van der Waals surface area contributed by atoms with Gasteiger partial charge in [0.25, 0.3) is 0 Å². The van der Waals surface area contributed by atoms with Crippen LogP contribution in [0.3, 0.4) is 0 Å². The Hall–Kier alpha value is -0.440. The zero-order chi connectivity index (χ0) is 45.1. The molecule has 0 bridgehead atoms. The molecule has 360 valence electrons. The molecule has 0 amide bonds. The number of hydrogen-bond donors (Lipinski definition) is 0. The molecule has 0 fully saturated rings. The van der Waals surface area contributed by atoms with Crippen molar-refractivity contribution >= 4 is 69.1 Å². The Morgan fingerprint density at radius 1 is 0.295 bits per heavy atom. The van der Waals surface area contributed by atoms with Crippen LogP contribution in [0, 0.1) is 5.41 Å². The molecule has 0 saturated carbocycles. The fourth-order valence-corrected chi connectivity index (χ4v) is 8.79. The van der Waals surface area contributed by atoms with Gasteiger partial charge >= 0.3 is 5.97 Å². The number of unbranched alkanes of at least 4 members (excludes halogenated alkanes) is 32. The Labute approximate surface area is 402 Å². The lowest BCUT2D eigenvalue weighted by atomic mass is 9.90. The van der Waals surface area contributed by atoms with E-state index in [2.05, 4.69) is 41.5 Å². The first-order chi connectivity index (χ1) is 29.6. The molecule has 0 unspecified atom stereocenters. The smallest absolute Gasteiger partial charge is 0.427 e. The molecule has 4 nitrogen and oxygen atoms in total. The van der Waals surface area contributed by atoms with Crippen LogP contribution in [-0.4, -0.2) is 32.8 Å². The van der Waals surface area contributed by atoms with Crippen LogP contribution in [0.1, 0.15) is 298 Å². The third-order valence-corrected chi connectivity index (χ3v) is 13.3. The van der Waals surface area contributed by atoms with Gasteiger partial charge in [0, 0.05) is 25.7 Å². The molecule has 0 aliphatic rings. The van der Waals surface area contributed by atoms with Gasteiger partial charge in [0.1, 0.15) is 12.0 Å². The maximum absolute atomic E-state index is 6.78. The first-order valence-electron chi connectivity index (χ1n) is 26.4. The zero-order valence-electron chi connectivity index (χ0n) is 41.3. The Bertz CT molecular complexity index is 1010. The summed E-state index contributed by atoms with van der Waals surface area (Å²) in [6.07, 6.45) is 47.9. The van der Waals surface area contributed by atoms with Crippen LogP contribution in [0.25, 0.3) is 0 Å². The molecule has 0 atom stereocenters. The summed E-state index contributed by atoms with van der Waals surface area (Å²) < 4.78 is 26.7. The van der Waals surface area contributed by atoms with Crippen LogP contribution >= 0.6 is 48.9 Å². The lowest BCUT2D eigenvalue weighted by molar-refractivity contribution is -0.339. The second kappa shape index (κ2) is 43.5. The van der Waals surface area contributed by atoms with E-state index >= 15 is 0 Å². The maximum atomic E-state index is 6.78. The molecule has 0 aromatic heterocycles. The molecule has 0 aliphatic carbocycles. The van der Waals surface area contributed by atoms with Crippen molar-refractivity contribution in [1.29, 1.82) is 0 Å². The normalized spacial score (nSPS) is 11.8. The third-order valence-electron chi connectivity index (χ3n) is 12.1. The Morgan fingerprint density at radius 2 is 0.492 bits per heavy atom. The van der Waals surface area contributed by atoms with Gasteiger partial charge < -0.3 is 18.9 Å². The average molecular weight is 930 g/mol. The summed E-state index contributed by atoms with van der Waals surface area (Å²) in [5.41, 5.74) is -0.844. The predicted molar refractivity (Wildman–Crippen MR) is 283 cm³/mol. The number of ether oxygens (including phenoxy) is 4. The molecule has 0 aromatic carbocycles. The highest BCUT2D eigenvalue weighted by Crippen LogP contribution is 2.40. The second-order valence-corrected chi connectivity index (χ2v) is 20.7. The van der Waals surface area contributed by atoms with Crippen LogP contribution in [0.2, 0.25) is 0 Å². The average Bonchev–Trinajstić information content (AvgIpc) is 3.23. The SMILES string of the molecule is CCCCCCCCCCCCC(=S)OCC(C)(C)C(OC(=S)CCCCCCCCCC)(OC(=S)CCCCCCCCCC)OC(=S)CCCCCCCCCCCC. The van der Waals surface area contributed by atoms with Crippen molar-refractivity contribution in [2.24, 2.45) is 5.41 Å². The predicted octanol–water partition coefficient (Wildman–Crippen LogP) is 19.7. The number of rotatable bonds is 46. The molecular formula is C53H100O4S4. The van der Waals surface area contributed by atoms with E-state index in [1.54, 1.807) is 0 Å². The first kappa shape index (κ1) is 60.6. The summed E-state index contributed by atoms with van der Waals surface area (Å²) in [5.74, 6) is -1.65. The van der Waals surface area contributed by atoms with Crippen LogP contribution in [0.5, 0.6) is 0 Å². The molecule has 0 heterocycles. The topological polar surface area (TPSA) is 36.9 Å². The maximum Gasteiger partial charge on any atom is 0.427 e. The minimum Gasteiger partial charge on any atom is -0.486 e. The fourth-order valence-electron chi connectivity index (χ4n) is 7.82. The van der Waals surface area contributed by atoms with Gasteiger partial charge in [-0.15, -0.1) is 0 Å². The van der Waals surface area contributed by atoms with Crippen molar-refractivity contribution in [3.05, 3.63) is 0 Å². The largest absolute Gasteiger partial charge is 0.486 e. The number of thiocarbonyl (C=S) groups is 4. The Kier molecular flexibility index (Phi) is 43.1. The standard InChI is InChI=1S/C53H100O4S4/c1-7-11-15-19-23-27-29-33-35-39-43-48(58)54-47-52(5,6)53(55-49(59)44-40-36-31-25-21-17-13-9-3,56-50(60)45-41-37-32-26-22-18-14-10-4)57-51(61)46-42-38-34-30-28-24-20-16-12-8-2/h7-47H2,1-6H3. The van der Waals surface area contributed by atoms with Crippen LogP contribution < -0.4 is 0 Å². The van der Waals surface area contributed by atoms with E-state index in [1.165, 1.54) is 186 Å². The monoisotopic (exact) mass is 929 g/mol. The highest BCUT2D eigenvalue weighted by atomic mass is 32.1. The molecule has 0 saturated heterocycles. The molecule has 0 aliphatic heterocycles. The van der Waals surface area contributed by atoms with Crippen LogP contribution in [0.15, 0.2) is 0 Å². The van der Waals surface area contributed by atoms with Crippen molar-refractivity contribution in [3.63, 3.8) is 0 Å². The summed E-state index contributed by atoms with van der Waals surface area (Å²) in [4.78, 5) is 0. The minimum absolute atomic E-state index is 0.241. The summed E-state index contributed by atoms with van der Waals surface area (Å²) >= 11 is 23.8. The Balaban J connectivity index is 5.77. The van der Waals surface area contributed by atoms with E-state index in [0.717, 1.165) is 51.4 Å². The molecule has 0 radical (unpaired) electrons. The van der Waals surface area contributed by atoms with Crippen molar-refractivity contribution in [2.45, 2.75) is 304 Å². The quantitative estimate of drug-likeness (QED) is 0.0340. The van der Waals surface area contributed by atoms with E-state index < -0.39 is 11.4 Å². The van der Waals surface area contributed by atoms with Crippen molar-refractivity contribution in [2.75, 3.05) is 6.61 Å². The van der Waals surface area contributed by atoms with Gasteiger partial charge in [-0.1, -0.05) is 233 Å².